The lowest BCUT2D eigenvalue weighted by Gasteiger charge is -2.29. The summed E-state index contributed by atoms with van der Waals surface area (Å²) in [4.78, 5) is 14.6. The van der Waals surface area contributed by atoms with Crippen LogP contribution in [0, 0.1) is 0 Å². The third-order valence-corrected chi connectivity index (χ3v) is 4.56. The smallest absolute Gasteiger partial charge is 0.179 e. The van der Waals surface area contributed by atoms with E-state index in [2.05, 4.69) is 25.0 Å². The zero-order chi connectivity index (χ0) is 14.4. The maximum absolute atomic E-state index is 12.4. The van der Waals surface area contributed by atoms with Crippen LogP contribution in [0.15, 0.2) is 24.3 Å². The number of hydrogen-bond donors (Lipinski definition) is 0. The zero-order valence-corrected chi connectivity index (χ0v) is 13.5. The first-order valence-electron chi connectivity index (χ1n) is 6.85. The fraction of sp³-hybridized carbons (Fsp3) is 0.562. The summed E-state index contributed by atoms with van der Waals surface area (Å²) in [6, 6.07) is 8.32. The average molecular weight is 279 g/mol. The molecule has 106 valence electrons. The molecule has 0 spiro atoms. The number of ketones is 1. The van der Waals surface area contributed by atoms with Gasteiger partial charge in [-0.05, 0) is 39.1 Å². The molecule has 0 N–H and O–H groups in total. The van der Waals surface area contributed by atoms with E-state index in [9.17, 15) is 4.79 Å². The minimum Gasteiger partial charge on any atom is -0.293 e. The van der Waals surface area contributed by atoms with Crippen molar-refractivity contribution in [3.05, 3.63) is 35.4 Å². The number of rotatable bonds is 7. The molecule has 0 amide bonds. The molecule has 0 aromatic heterocycles. The first kappa shape index (κ1) is 16.3. The number of carbonyl (C=O) groups excluding carboxylic acids is 1. The molecule has 2 unspecified atom stereocenters. The van der Waals surface area contributed by atoms with Crippen LogP contribution in [0.2, 0.25) is 0 Å². The summed E-state index contributed by atoms with van der Waals surface area (Å²) in [5.74, 6) is 1.25. The summed E-state index contributed by atoms with van der Waals surface area (Å²) in [6.07, 6.45) is 3.11. The standard InChI is InChI=1S/C16H25NOS/c1-6-14-7-9-15(10-8-14)16(18)13(3)17(4)12(2)11-19-5/h7-10,12-13H,6,11H2,1-5H3. The molecule has 1 rings (SSSR count). The normalized spacial score (nSPS) is 14.4. The topological polar surface area (TPSA) is 20.3 Å². The van der Waals surface area contributed by atoms with Crippen molar-refractivity contribution in [3.63, 3.8) is 0 Å². The van der Waals surface area contributed by atoms with Crippen LogP contribution in [-0.2, 0) is 6.42 Å². The third kappa shape index (κ3) is 4.36. The van der Waals surface area contributed by atoms with Crippen LogP contribution in [0.3, 0.4) is 0 Å². The molecule has 1 aromatic carbocycles. The molecule has 0 radical (unpaired) electrons. The van der Waals surface area contributed by atoms with Gasteiger partial charge in [0.1, 0.15) is 0 Å². The van der Waals surface area contributed by atoms with Gasteiger partial charge in [0.15, 0.2) is 5.78 Å². The third-order valence-electron chi connectivity index (χ3n) is 3.74. The molecule has 2 atom stereocenters. The SMILES string of the molecule is CCc1ccc(C(=O)C(C)N(C)C(C)CSC)cc1. The van der Waals surface area contributed by atoms with Gasteiger partial charge in [0.25, 0.3) is 0 Å². The van der Waals surface area contributed by atoms with Gasteiger partial charge in [-0.25, -0.2) is 0 Å². The first-order chi connectivity index (χ1) is 9.01. The summed E-state index contributed by atoms with van der Waals surface area (Å²) in [5.41, 5.74) is 2.08. The predicted octanol–water partition coefficient (Wildman–Crippen LogP) is 3.50. The van der Waals surface area contributed by atoms with E-state index in [0.29, 0.717) is 6.04 Å². The summed E-state index contributed by atoms with van der Waals surface area (Å²) in [5, 5.41) is 0. The highest BCUT2D eigenvalue weighted by Gasteiger charge is 2.22. The van der Waals surface area contributed by atoms with Crippen LogP contribution < -0.4 is 0 Å². The number of hydrogen-bond acceptors (Lipinski definition) is 3. The van der Waals surface area contributed by atoms with E-state index in [0.717, 1.165) is 17.7 Å². The maximum Gasteiger partial charge on any atom is 0.179 e. The van der Waals surface area contributed by atoms with Crippen LogP contribution in [0.1, 0.15) is 36.7 Å². The number of nitrogens with zero attached hydrogens (tertiary/aromatic N) is 1. The van der Waals surface area contributed by atoms with Gasteiger partial charge in [-0.15, -0.1) is 0 Å². The molecule has 0 fully saturated rings. The molecule has 0 aliphatic carbocycles. The molecule has 0 saturated heterocycles. The highest BCUT2D eigenvalue weighted by molar-refractivity contribution is 7.98. The maximum atomic E-state index is 12.4. The number of likely N-dealkylation sites (N-methyl/N-ethyl adjacent to an activating group) is 1. The summed E-state index contributed by atoms with van der Waals surface area (Å²) in [7, 11) is 2.03. The molecule has 2 nitrogen and oxygen atoms in total. The molecule has 3 heteroatoms. The van der Waals surface area contributed by atoms with Gasteiger partial charge in [0.05, 0.1) is 6.04 Å². The largest absolute Gasteiger partial charge is 0.293 e. The quantitative estimate of drug-likeness (QED) is 0.713. The van der Waals surface area contributed by atoms with E-state index in [1.54, 1.807) is 0 Å². The molecule has 1 aromatic rings. The fourth-order valence-electron chi connectivity index (χ4n) is 2.07. The number of thioether (sulfide) groups is 1. The Balaban J connectivity index is 2.74. The van der Waals surface area contributed by atoms with Crippen molar-refractivity contribution in [2.75, 3.05) is 19.1 Å². The number of aryl methyl sites for hydroxylation is 1. The number of Topliss-reactive ketones (excluding diaryl/α,β-unsaturated/α-hetero) is 1. The second kappa shape index (κ2) is 7.71. The van der Waals surface area contributed by atoms with E-state index in [1.807, 2.05) is 50.0 Å². The van der Waals surface area contributed by atoms with Crippen LogP contribution in [-0.4, -0.2) is 41.8 Å². The highest BCUT2D eigenvalue weighted by Crippen LogP contribution is 2.13. The Labute approximate surface area is 121 Å². The lowest BCUT2D eigenvalue weighted by atomic mass is 10.0. The fourth-order valence-corrected chi connectivity index (χ4v) is 2.79. The zero-order valence-electron chi connectivity index (χ0n) is 12.6. The predicted molar refractivity (Wildman–Crippen MR) is 85.2 cm³/mol. The lowest BCUT2D eigenvalue weighted by Crippen LogP contribution is -2.42. The Hall–Kier alpha value is -0.800. The van der Waals surface area contributed by atoms with Gasteiger partial charge in [-0.2, -0.15) is 11.8 Å². The van der Waals surface area contributed by atoms with Crippen molar-refractivity contribution in [3.8, 4) is 0 Å². The Morgan fingerprint density at radius 2 is 1.84 bits per heavy atom. The summed E-state index contributed by atoms with van der Waals surface area (Å²) in [6.45, 7) is 6.28. The minimum absolute atomic E-state index is 0.0744. The molecular weight excluding hydrogens is 254 g/mol. The second-order valence-corrected chi connectivity index (χ2v) is 5.97. The van der Waals surface area contributed by atoms with E-state index < -0.39 is 0 Å². The van der Waals surface area contributed by atoms with Crippen LogP contribution in [0.25, 0.3) is 0 Å². The van der Waals surface area contributed by atoms with Gasteiger partial charge in [0.2, 0.25) is 0 Å². The van der Waals surface area contributed by atoms with Crippen LogP contribution >= 0.6 is 11.8 Å². The van der Waals surface area contributed by atoms with Gasteiger partial charge in [0, 0.05) is 17.4 Å². The summed E-state index contributed by atoms with van der Waals surface area (Å²) >= 11 is 1.81. The number of benzene rings is 1. The molecular formula is C16H25NOS. The Morgan fingerprint density at radius 1 is 1.26 bits per heavy atom. The van der Waals surface area contributed by atoms with Crippen LogP contribution in [0.5, 0.6) is 0 Å². The molecule has 0 bridgehead atoms. The molecule has 19 heavy (non-hydrogen) atoms. The van der Waals surface area contributed by atoms with Gasteiger partial charge in [-0.3, -0.25) is 9.69 Å². The van der Waals surface area contributed by atoms with Crippen molar-refractivity contribution in [2.24, 2.45) is 0 Å². The monoisotopic (exact) mass is 279 g/mol. The van der Waals surface area contributed by atoms with Gasteiger partial charge < -0.3 is 0 Å². The van der Waals surface area contributed by atoms with Crippen LogP contribution in [0.4, 0.5) is 0 Å². The molecule has 0 heterocycles. The molecule has 0 saturated carbocycles. The van der Waals surface area contributed by atoms with E-state index >= 15 is 0 Å². The lowest BCUT2D eigenvalue weighted by molar-refractivity contribution is 0.0838. The van der Waals surface area contributed by atoms with E-state index in [-0.39, 0.29) is 11.8 Å². The van der Waals surface area contributed by atoms with Crippen molar-refractivity contribution >= 4 is 17.5 Å². The Bertz CT molecular complexity index is 402. The Morgan fingerprint density at radius 3 is 2.32 bits per heavy atom. The van der Waals surface area contributed by atoms with Gasteiger partial charge >= 0.3 is 0 Å². The second-order valence-electron chi connectivity index (χ2n) is 5.06. The van der Waals surface area contributed by atoms with Gasteiger partial charge in [-0.1, -0.05) is 31.2 Å². The number of carbonyl (C=O) groups is 1. The van der Waals surface area contributed by atoms with Crippen molar-refractivity contribution < 1.29 is 4.79 Å². The van der Waals surface area contributed by atoms with E-state index in [1.165, 1.54) is 5.56 Å². The van der Waals surface area contributed by atoms with Crippen molar-refractivity contribution in [1.29, 1.82) is 0 Å². The molecule has 0 aliphatic heterocycles. The highest BCUT2D eigenvalue weighted by atomic mass is 32.2. The first-order valence-corrected chi connectivity index (χ1v) is 8.24. The Kier molecular flexibility index (Phi) is 6.59. The average Bonchev–Trinajstić information content (AvgIpc) is 2.45. The van der Waals surface area contributed by atoms with Crippen molar-refractivity contribution in [2.45, 2.75) is 39.3 Å². The van der Waals surface area contributed by atoms with Crippen molar-refractivity contribution in [1.82, 2.24) is 4.90 Å². The summed E-state index contributed by atoms with van der Waals surface area (Å²) < 4.78 is 0. The molecule has 0 aliphatic rings. The van der Waals surface area contributed by atoms with E-state index in [4.69, 9.17) is 0 Å². The minimum atomic E-state index is -0.0744.